The molecule has 4 rings (SSSR count). The van der Waals surface area contributed by atoms with Crippen molar-refractivity contribution in [3.8, 4) is 0 Å². The van der Waals surface area contributed by atoms with Crippen LogP contribution in [-0.2, 0) is 27.9 Å². The molecule has 8 heteroatoms. The number of aryl methyl sites for hydroxylation is 2. The molecule has 174 valence electrons. The third-order valence-corrected chi connectivity index (χ3v) is 7.86. The fourth-order valence-electron chi connectivity index (χ4n) is 3.82. The van der Waals surface area contributed by atoms with Crippen LogP contribution >= 0.6 is 0 Å². The van der Waals surface area contributed by atoms with Crippen LogP contribution in [0.3, 0.4) is 0 Å². The summed E-state index contributed by atoms with van der Waals surface area (Å²) in [6.07, 6.45) is 3.34. The zero-order valence-electron chi connectivity index (χ0n) is 19.2. The first kappa shape index (κ1) is 23.4. The molecule has 1 N–H and O–H groups in total. The summed E-state index contributed by atoms with van der Waals surface area (Å²) in [6.45, 7) is 5.64. The van der Waals surface area contributed by atoms with Crippen LogP contribution < -0.4 is 5.32 Å². The molecular weight excluding hydrogens is 450 g/mol. The molecule has 2 aromatic carbocycles. The van der Waals surface area contributed by atoms with Crippen LogP contribution in [-0.4, -0.2) is 29.5 Å². The standard InChI is InChI=1S/C26H25N3O4S/c1-17-6-9-23(13-18(17)2)24-19(3)26(31)29(34(24,32)33)16-20-7-10-22(11-8-20)25(30)28-15-21-5-4-12-27-14-21/h4-14H,15-16H2,1-3H3,(H,28,30). The van der Waals surface area contributed by atoms with Gasteiger partial charge in [0.05, 0.1) is 6.54 Å². The van der Waals surface area contributed by atoms with Crippen LogP contribution in [0.4, 0.5) is 0 Å². The molecule has 7 nitrogen and oxygen atoms in total. The van der Waals surface area contributed by atoms with Gasteiger partial charge in [-0.2, -0.15) is 0 Å². The van der Waals surface area contributed by atoms with Gasteiger partial charge in [0.1, 0.15) is 4.91 Å². The summed E-state index contributed by atoms with van der Waals surface area (Å²) >= 11 is 0. The zero-order chi connectivity index (χ0) is 24.5. The van der Waals surface area contributed by atoms with Crippen molar-refractivity contribution in [3.05, 3.63) is 106 Å². The molecule has 0 bridgehead atoms. The number of nitrogens with one attached hydrogen (secondary N) is 1. The molecule has 1 aliphatic heterocycles. The Hall–Kier alpha value is -3.78. The van der Waals surface area contributed by atoms with Crippen molar-refractivity contribution >= 4 is 26.7 Å². The van der Waals surface area contributed by atoms with Gasteiger partial charge < -0.3 is 5.32 Å². The zero-order valence-corrected chi connectivity index (χ0v) is 20.0. The molecule has 2 amide bonds. The fourth-order valence-corrected chi connectivity index (χ4v) is 5.61. The van der Waals surface area contributed by atoms with Crippen LogP contribution in [0.5, 0.6) is 0 Å². The predicted octanol–water partition coefficient (Wildman–Crippen LogP) is 3.73. The number of benzene rings is 2. The minimum absolute atomic E-state index is 0.0481. The molecule has 34 heavy (non-hydrogen) atoms. The number of amides is 2. The Bertz CT molecular complexity index is 1400. The Morgan fingerprint density at radius 2 is 1.71 bits per heavy atom. The third kappa shape index (κ3) is 4.49. The van der Waals surface area contributed by atoms with Gasteiger partial charge in [0.15, 0.2) is 0 Å². The van der Waals surface area contributed by atoms with E-state index in [1.54, 1.807) is 61.8 Å². The molecule has 2 heterocycles. The van der Waals surface area contributed by atoms with Crippen LogP contribution in [0, 0.1) is 13.8 Å². The van der Waals surface area contributed by atoms with Crippen molar-refractivity contribution < 1.29 is 18.0 Å². The molecule has 0 radical (unpaired) electrons. The van der Waals surface area contributed by atoms with Crippen molar-refractivity contribution in [2.75, 3.05) is 0 Å². The maximum absolute atomic E-state index is 13.3. The number of rotatable bonds is 6. The van der Waals surface area contributed by atoms with E-state index in [2.05, 4.69) is 10.3 Å². The molecule has 1 aromatic heterocycles. The van der Waals surface area contributed by atoms with Crippen molar-refractivity contribution in [1.82, 2.24) is 14.6 Å². The van der Waals surface area contributed by atoms with Crippen molar-refractivity contribution in [3.63, 3.8) is 0 Å². The summed E-state index contributed by atoms with van der Waals surface area (Å²) in [6, 6.07) is 15.6. The Kier molecular flexibility index (Phi) is 6.34. The Morgan fingerprint density at radius 3 is 2.35 bits per heavy atom. The minimum Gasteiger partial charge on any atom is -0.348 e. The maximum atomic E-state index is 13.3. The summed E-state index contributed by atoms with van der Waals surface area (Å²) < 4.78 is 27.5. The smallest absolute Gasteiger partial charge is 0.268 e. The fraction of sp³-hybridized carbons (Fsp3) is 0.192. The van der Waals surface area contributed by atoms with Crippen LogP contribution in [0.2, 0.25) is 0 Å². The second-order valence-electron chi connectivity index (χ2n) is 8.31. The second kappa shape index (κ2) is 9.23. The van der Waals surface area contributed by atoms with Gasteiger partial charge in [-0.3, -0.25) is 14.6 Å². The van der Waals surface area contributed by atoms with Gasteiger partial charge in [0.2, 0.25) is 0 Å². The monoisotopic (exact) mass is 475 g/mol. The van der Waals surface area contributed by atoms with E-state index < -0.39 is 15.9 Å². The Balaban J connectivity index is 1.49. The summed E-state index contributed by atoms with van der Waals surface area (Å²) in [4.78, 5) is 29.4. The number of hydrogen-bond donors (Lipinski definition) is 1. The number of carbonyl (C=O) groups is 2. The highest BCUT2D eigenvalue weighted by Gasteiger charge is 2.42. The molecular formula is C26H25N3O4S. The topological polar surface area (TPSA) is 96.4 Å². The molecule has 0 atom stereocenters. The lowest BCUT2D eigenvalue weighted by Gasteiger charge is -2.17. The highest BCUT2D eigenvalue weighted by Crippen LogP contribution is 2.37. The second-order valence-corrected chi connectivity index (χ2v) is 10.1. The highest BCUT2D eigenvalue weighted by molar-refractivity contribution is 7.99. The molecule has 0 fully saturated rings. The van der Waals surface area contributed by atoms with E-state index in [4.69, 9.17) is 0 Å². The van der Waals surface area contributed by atoms with E-state index in [0.717, 1.165) is 21.0 Å². The van der Waals surface area contributed by atoms with Crippen LogP contribution in [0.1, 0.15) is 45.1 Å². The maximum Gasteiger partial charge on any atom is 0.268 e. The van der Waals surface area contributed by atoms with E-state index in [0.29, 0.717) is 23.2 Å². The van der Waals surface area contributed by atoms with E-state index >= 15 is 0 Å². The number of nitrogens with zero attached hydrogens (tertiary/aromatic N) is 2. The lowest BCUT2D eigenvalue weighted by Crippen LogP contribution is -2.31. The van der Waals surface area contributed by atoms with E-state index in [-0.39, 0.29) is 22.9 Å². The first-order valence-electron chi connectivity index (χ1n) is 10.8. The van der Waals surface area contributed by atoms with Gasteiger partial charge in [-0.1, -0.05) is 36.4 Å². The Morgan fingerprint density at radius 1 is 0.971 bits per heavy atom. The third-order valence-electron chi connectivity index (χ3n) is 5.92. The van der Waals surface area contributed by atoms with E-state index in [1.807, 2.05) is 26.0 Å². The summed E-state index contributed by atoms with van der Waals surface area (Å²) in [5.41, 5.74) is 4.64. The average Bonchev–Trinajstić information content (AvgIpc) is 2.99. The summed E-state index contributed by atoms with van der Waals surface area (Å²) in [7, 11) is -3.99. The van der Waals surface area contributed by atoms with Gasteiger partial charge in [0, 0.05) is 30.1 Å². The largest absolute Gasteiger partial charge is 0.348 e. The molecule has 0 saturated heterocycles. The predicted molar refractivity (Wildman–Crippen MR) is 130 cm³/mol. The number of sulfonamides is 1. The molecule has 1 aliphatic rings. The van der Waals surface area contributed by atoms with Crippen molar-refractivity contribution in [1.29, 1.82) is 0 Å². The van der Waals surface area contributed by atoms with Crippen molar-refractivity contribution in [2.45, 2.75) is 33.9 Å². The van der Waals surface area contributed by atoms with Crippen molar-refractivity contribution in [2.24, 2.45) is 0 Å². The minimum atomic E-state index is -3.99. The molecule has 0 saturated carbocycles. The lowest BCUT2D eigenvalue weighted by molar-refractivity contribution is -0.122. The number of hydrogen-bond acceptors (Lipinski definition) is 5. The molecule has 3 aromatic rings. The quantitative estimate of drug-likeness (QED) is 0.586. The first-order chi connectivity index (χ1) is 16.2. The summed E-state index contributed by atoms with van der Waals surface area (Å²) in [5, 5.41) is 2.82. The average molecular weight is 476 g/mol. The Labute approximate surface area is 199 Å². The van der Waals surface area contributed by atoms with Gasteiger partial charge in [0.25, 0.3) is 21.8 Å². The van der Waals surface area contributed by atoms with Gasteiger partial charge in [-0.05, 0) is 66.8 Å². The van der Waals surface area contributed by atoms with Gasteiger partial charge in [-0.15, -0.1) is 0 Å². The molecule has 0 aliphatic carbocycles. The molecule has 0 spiro atoms. The normalized spacial score (nSPS) is 15.0. The van der Waals surface area contributed by atoms with E-state index in [9.17, 15) is 18.0 Å². The van der Waals surface area contributed by atoms with Gasteiger partial charge >= 0.3 is 0 Å². The lowest BCUT2D eigenvalue weighted by atomic mass is 10.0. The number of aromatic nitrogens is 1. The summed E-state index contributed by atoms with van der Waals surface area (Å²) in [5.74, 6) is -0.790. The SMILES string of the molecule is CC1=C(c2ccc(C)c(C)c2)S(=O)(=O)N(Cc2ccc(C(=O)NCc3cccnc3)cc2)C1=O. The van der Waals surface area contributed by atoms with Gasteiger partial charge in [-0.25, -0.2) is 12.7 Å². The van der Waals surface area contributed by atoms with Crippen LogP contribution in [0.25, 0.3) is 4.91 Å². The highest BCUT2D eigenvalue weighted by atomic mass is 32.2. The van der Waals surface area contributed by atoms with E-state index in [1.165, 1.54) is 0 Å². The van der Waals surface area contributed by atoms with Crippen LogP contribution in [0.15, 0.2) is 72.6 Å². The first-order valence-corrected chi connectivity index (χ1v) is 12.2. The molecule has 0 unspecified atom stereocenters. The number of carbonyl (C=O) groups excluding carboxylic acids is 2. The number of pyridine rings is 1.